The van der Waals surface area contributed by atoms with Gasteiger partial charge in [0.15, 0.2) is 0 Å². The highest BCUT2D eigenvalue weighted by atomic mass is 16.3. The molecule has 0 spiro atoms. The number of aromatic hydroxyl groups is 1. The summed E-state index contributed by atoms with van der Waals surface area (Å²) >= 11 is 0. The standard InChI is InChI=1S/C17H18O2/c1-3-17(2,15-8-10-16(19)11-9-15)14-6-4-13(12-18)5-7-14/h4-12,19H,3H2,1-2H3. The first-order valence-corrected chi connectivity index (χ1v) is 6.45. The summed E-state index contributed by atoms with van der Waals surface area (Å²) in [5, 5.41) is 9.40. The van der Waals surface area contributed by atoms with Gasteiger partial charge in [0.25, 0.3) is 0 Å². The second-order valence-electron chi connectivity index (χ2n) is 4.97. The zero-order chi connectivity index (χ0) is 13.9. The number of carbonyl (C=O) groups is 1. The van der Waals surface area contributed by atoms with Gasteiger partial charge in [-0.1, -0.05) is 50.2 Å². The topological polar surface area (TPSA) is 37.3 Å². The van der Waals surface area contributed by atoms with Crippen molar-refractivity contribution in [1.29, 1.82) is 0 Å². The van der Waals surface area contributed by atoms with Crippen LogP contribution in [0.4, 0.5) is 0 Å². The van der Waals surface area contributed by atoms with Crippen molar-refractivity contribution in [2.24, 2.45) is 0 Å². The van der Waals surface area contributed by atoms with Gasteiger partial charge in [-0.3, -0.25) is 4.79 Å². The SMILES string of the molecule is CCC(C)(c1ccc(O)cc1)c1ccc(C=O)cc1. The lowest BCUT2D eigenvalue weighted by molar-refractivity contribution is 0.112. The summed E-state index contributed by atoms with van der Waals surface area (Å²) in [6.07, 6.45) is 1.80. The minimum absolute atomic E-state index is 0.116. The molecule has 2 rings (SSSR count). The van der Waals surface area contributed by atoms with E-state index in [9.17, 15) is 9.90 Å². The third-order valence-corrected chi connectivity index (χ3v) is 3.90. The molecule has 0 aliphatic carbocycles. The quantitative estimate of drug-likeness (QED) is 0.840. The minimum Gasteiger partial charge on any atom is -0.508 e. The van der Waals surface area contributed by atoms with Gasteiger partial charge in [-0.2, -0.15) is 0 Å². The predicted molar refractivity (Wildman–Crippen MR) is 76.7 cm³/mol. The van der Waals surface area contributed by atoms with Crippen LogP contribution in [0.5, 0.6) is 5.75 Å². The molecule has 2 aromatic rings. The van der Waals surface area contributed by atoms with Gasteiger partial charge in [0.05, 0.1) is 0 Å². The summed E-state index contributed by atoms with van der Waals surface area (Å²) in [7, 11) is 0. The number of hydrogen-bond acceptors (Lipinski definition) is 2. The van der Waals surface area contributed by atoms with E-state index in [1.165, 1.54) is 5.56 Å². The Morgan fingerprint density at radius 2 is 1.47 bits per heavy atom. The number of benzene rings is 2. The fourth-order valence-electron chi connectivity index (χ4n) is 2.33. The van der Waals surface area contributed by atoms with Crippen LogP contribution < -0.4 is 0 Å². The van der Waals surface area contributed by atoms with Crippen molar-refractivity contribution < 1.29 is 9.90 Å². The number of phenolic OH excluding ortho intramolecular Hbond substituents is 1. The molecule has 0 saturated heterocycles. The molecule has 2 aromatic carbocycles. The Morgan fingerprint density at radius 3 is 1.89 bits per heavy atom. The first kappa shape index (κ1) is 13.3. The fraction of sp³-hybridized carbons (Fsp3) is 0.235. The number of aldehydes is 1. The Bertz CT molecular complexity index is 555. The zero-order valence-electron chi connectivity index (χ0n) is 11.3. The van der Waals surface area contributed by atoms with Gasteiger partial charge in [0.1, 0.15) is 12.0 Å². The van der Waals surface area contributed by atoms with E-state index in [0.717, 1.165) is 18.3 Å². The van der Waals surface area contributed by atoms with Gasteiger partial charge in [0, 0.05) is 11.0 Å². The van der Waals surface area contributed by atoms with E-state index < -0.39 is 0 Å². The lowest BCUT2D eigenvalue weighted by Crippen LogP contribution is -2.22. The average molecular weight is 254 g/mol. The second kappa shape index (κ2) is 5.27. The van der Waals surface area contributed by atoms with Crippen LogP contribution in [0.3, 0.4) is 0 Å². The Kier molecular flexibility index (Phi) is 3.70. The van der Waals surface area contributed by atoms with Crippen molar-refractivity contribution in [2.45, 2.75) is 25.7 Å². The molecule has 19 heavy (non-hydrogen) atoms. The lowest BCUT2D eigenvalue weighted by Gasteiger charge is -2.30. The van der Waals surface area contributed by atoms with Crippen molar-refractivity contribution >= 4 is 6.29 Å². The van der Waals surface area contributed by atoms with Gasteiger partial charge in [-0.25, -0.2) is 0 Å². The molecule has 1 atom stereocenters. The molecule has 0 radical (unpaired) electrons. The molecule has 0 fully saturated rings. The van der Waals surface area contributed by atoms with Crippen LogP contribution in [0.25, 0.3) is 0 Å². The first-order valence-electron chi connectivity index (χ1n) is 6.45. The maximum Gasteiger partial charge on any atom is 0.150 e. The summed E-state index contributed by atoms with van der Waals surface area (Å²) in [6.45, 7) is 4.32. The summed E-state index contributed by atoms with van der Waals surface area (Å²) < 4.78 is 0. The Labute approximate surface area is 113 Å². The summed E-state index contributed by atoms with van der Waals surface area (Å²) in [5.74, 6) is 0.276. The molecule has 0 amide bonds. The molecule has 0 aliphatic rings. The lowest BCUT2D eigenvalue weighted by atomic mass is 9.74. The zero-order valence-corrected chi connectivity index (χ0v) is 11.3. The van der Waals surface area contributed by atoms with E-state index in [2.05, 4.69) is 13.8 Å². The average Bonchev–Trinajstić information content (AvgIpc) is 2.47. The molecule has 0 saturated carbocycles. The van der Waals surface area contributed by atoms with Crippen molar-refractivity contribution in [3.8, 4) is 5.75 Å². The van der Waals surface area contributed by atoms with E-state index in [1.54, 1.807) is 12.1 Å². The van der Waals surface area contributed by atoms with Crippen LogP contribution in [0.1, 0.15) is 41.8 Å². The molecular weight excluding hydrogens is 236 g/mol. The van der Waals surface area contributed by atoms with Crippen LogP contribution in [0.2, 0.25) is 0 Å². The highest BCUT2D eigenvalue weighted by molar-refractivity contribution is 5.74. The monoisotopic (exact) mass is 254 g/mol. The van der Waals surface area contributed by atoms with E-state index >= 15 is 0 Å². The minimum atomic E-state index is -0.116. The molecule has 1 unspecified atom stereocenters. The molecular formula is C17H18O2. The van der Waals surface area contributed by atoms with Crippen molar-refractivity contribution in [1.82, 2.24) is 0 Å². The van der Waals surface area contributed by atoms with Gasteiger partial charge >= 0.3 is 0 Å². The maximum absolute atomic E-state index is 10.7. The number of hydrogen-bond donors (Lipinski definition) is 1. The first-order chi connectivity index (χ1) is 9.10. The maximum atomic E-state index is 10.7. The smallest absolute Gasteiger partial charge is 0.150 e. The molecule has 1 N–H and O–H groups in total. The summed E-state index contributed by atoms with van der Waals surface area (Å²) in [4.78, 5) is 10.7. The van der Waals surface area contributed by atoms with E-state index in [1.807, 2.05) is 36.4 Å². The third-order valence-electron chi connectivity index (χ3n) is 3.90. The van der Waals surface area contributed by atoms with Crippen molar-refractivity contribution in [3.63, 3.8) is 0 Å². The van der Waals surface area contributed by atoms with Crippen molar-refractivity contribution in [2.75, 3.05) is 0 Å². The molecule has 0 aliphatic heterocycles. The van der Waals surface area contributed by atoms with Crippen LogP contribution in [0, 0.1) is 0 Å². The Hall–Kier alpha value is -2.09. The predicted octanol–water partition coefficient (Wildman–Crippen LogP) is 3.92. The largest absolute Gasteiger partial charge is 0.508 e. The molecule has 0 heterocycles. The highest BCUT2D eigenvalue weighted by Crippen LogP contribution is 2.35. The van der Waals surface area contributed by atoms with E-state index in [4.69, 9.17) is 0 Å². The third kappa shape index (κ3) is 2.53. The molecule has 2 nitrogen and oxygen atoms in total. The highest BCUT2D eigenvalue weighted by Gasteiger charge is 2.26. The number of rotatable bonds is 4. The van der Waals surface area contributed by atoms with Gasteiger partial charge in [0.2, 0.25) is 0 Å². The second-order valence-corrected chi connectivity index (χ2v) is 4.97. The Balaban J connectivity index is 2.45. The van der Waals surface area contributed by atoms with Gasteiger partial charge in [-0.05, 0) is 29.7 Å². The number of carbonyl (C=O) groups excluding carboxylic acids is 1. The number of phenols is 1. The normalized spacial score (nSPS) is 13.8. The fourth-order valence-corrected chi connectivity index (χ4v) is 2.33. The van der Waals surface area contributed by atoms with E-state index in [-0.39, 0.29) is 11.2 Å². The van der Waals surface area contributed by atoms with Crippen LogP contribution in [-0.4, -0.2) is 11.4 Å². The van der Waals surface area contributed by atoms with E-state index in [0.29, 0.717) is 5.56 Å². The summed E-state index contributed by atoms with van der Waals surface area (Å²) in [6, 6.07) is 15.0. The Morgan fingerprint density at radius 1 is 1.00 bits per heavy atom. The van der Waals surface area contributed by atoms with Gasteiger partial charge in [-0.15, -0.1) is 0 Å². The molecule has 0 bridgehead atoms. The molecule has 98 valence electrons. The molecule has 2 heteroatoms. The summed E-state index contributed by atoms with van der Waals surface area (Å²) in [5.41, 5.74) is 2.90. The van der Waals surface area contributed by atoms with Crippen LogP contribution in [-0.2, 0) is 5.41 Å². The van der Waals surface area contributed by atoms with Crippen LogP contribution >= 0.6 is 0 Å². The van der Waals surface area contributed by atoms with Crippen LogP contribution in [0.15, 0.2) is 48.5 Å². The molecule has 0 aromatic heterocycles. The van der Waals surface area contributed by atoms with Gasteiger partial charge < -0.3 is 5.11 Å². The van der Waals surface area contributed by atoms with Crippen molar-refractivity contribution in [3.05, 3.63) is 65.2 Å².